The third kappa shape index (κ3) is 4.96. The smallest absolute Gasteiger partial charge is 0.416 e. The molecule has 0 spiro atoms. The van der Waals surface area contributed by atoms with Gasteiger partial charge in [0.25, 0.3) is 5.91 Å². The van der Waals surface area contributed by atoms with Crippen LogP contribution in [-0.4, -0.2) is 47.4 Å². The predicted molar refractivity (Wildman–Crippen MR) is 97.7 cm³/mol. The highest BCUT2D eigenvalue weighted by Crippen LogP contribution is 2.36. The number of alkyl halides is 3. The normalized spacial score (nSPS) is 14.3. The van der Waals surface area contributed by atoms with Gasteiger partial charge in [0.2, 0.25) is 11.8 Å². The SMILES string of the molecule is NC1CN(C(=O)CNC(=O)c2cccnc2Oc2ccc(C(F)(F)F)cc2Cl)C1. The van der Waals surface area contributed by atoms with Crippen LogP contribution in [-0.2, 0) is 11.0 Å². The number of amides is 2. The molecule has 1 fully saturated rings. The van der Waals surface area contributed by atoms with Gasteiger partial charge in [-0.3, -0.25) is 9.59 Å². The molecule has 2 heterocycles. The van der Waals surface area contributed by atoms with Crippen LogP contribution in [0.3, 0.4) is 0 Å². The maximum atomic E-state index is 12.8. The number of benzene rings is 1. The van der Waals surface area contributed by atoms with Crippen molar-refractivity contribution >= 4 is 23.4 Å². The van der Waals surface area contributed by atoms with Gasteiger partial charge in [-0.2, -0.15) is 13.2 Å². The van der Waals surface area contributed by atoms with E-state index in [1.807, 2.05) is 0 Å². The van der Waals surface area contributed by atoms with Gasteiger partial charge in [-0.05, 0) is 30.3 Å². The van der Waals surface area contributed by atoms with E-state index >= 15 is 0 Å². The van der Waals surface area contributed by atoms with Crippen LogP contribution in [0.2, 0.25) is 5.02 Å². The molecule has 0 radical (unpaired) electrons. The Kier molecular flexibility index (Phi) is 5.94. The van der Waals surface area contributed by atoms with E-state index in [2.05, 4.69) is 10.3 Å². The summed E-state index contributed by atoms with van der Waals surface area (Å²) in [5.41, 5.74) is 4.68. The number of pyridine rings is 1. The summed E-state index contributed by atoms with van der Waals surface area (Å²) >= 11 is 5.88. The Hall–Kier alpha value is -2.85. The Morgan fingerprint density at radius 1 is 1.31 bits per heavy atom. The van der Waals surface area contributed by atoms with Crippen LogP contribution >= 0.6 is 11.6 Å². The number of likely N-dealkylation sites (tertiary alicyclic amines) is 1. The van der Waals surface area contributed by atoms with Gasteiger partial charge in [0.1, 0.15) is 11.3 Å². The molecule has 3 rings (SSSR count). The molecule has 1 aliphatic rings. The van der Waals surface area contributed by atoms with Gasteiger partial charge in [-0.1, -0.05) is 11.6 Å². The zero-order valence-corrected chi connectivity index (χ0v) is 15.6. The third-order valence-corrected chi connectivity index (χ3v) is 4.44. The highest BCUT2D eigenvalue weighted by Gasteiger charge is 2.31. The summed E-state index contributed by atoms with van der Waals surface area (Å²) in [5.74, 6) is -1.17. The number of aromatic nitrogens is 1. The summed E-state index contributed by atoms with van der Waals surface area (Å²) < 4.78 is 43.7. The summed E-state index contributed by atoms with van der Waals surface area (Å²) in [7, 11) is 0. The molecule has 1 aliphatic heterocycles. The van der Waals surface area contributed by atoms with E-state index in [0.717, 1.165) is 18.2 Å². The first-order chi connectivity index (χ1) is 13.6. The Labute approximate surface area is 168 Å². The standard InChI is InChI=1S/C18H16ClF3N4O3/c19-13-6-10(18(20,21)22)3-4-14(13)29-17-12(2-1-5-24-17)16(28)25-7-15(27)26-8-11(23)9-26/h1-6,11H,7-9,23H2,(H,25,28). The Morgan fingerprint density at radius 2 is 2.03 bits per heavy atom. The van der Waals surface area contributed by atoms with Gasteiger partial charge < -0.3 is 20.7 Å². The molecule has 1 aromatic carbocycles. The van der Waals surface area contributed by atoms with Crippen molar-refractivity contribution in [2.75, 3.05) is 19.6 Å². The van der Waals surface area contributed by atoms with Crippen LogP contribution in [0, 0.1) is 0 Å². The highest BCUT2D eigenvalue weighted by molar-refractivity contribution is 6.32. The highest BCUT2D eigenvalue weighted by atomic mass is 35.5. The lowest BCUT2D eigenvalue weighted by Crippen LogP contribution is -2.59. The number of hydrogen-bond donors (Lipinski definition) is 2. The number of carbonyl (C=O) groups excluding carboxylic acids is 2. The second-order valence-electron chi connectivity index (χ2n) is 6.34. The molecule has 1 aromatic heterocycles. The van der Waals surface area contributed by atoms with Crippen molar-refractivity contribution < 1.29 is 27.5 Å². The number of halogens is 4. The molecule has 154 valence electrons. The molecule has 0 saturated carbocycles. The Morgan fingerprint density at radius 3 is 2.66 bits per heavy atom. The minimum atomic E-state index is -4.55. The predicted octanol–water partition coefficient (Wildman–Crippen LogP) is 2.45. The van der Waals surface area contributed by atoms with E-state index in [1.165, 1.54) is 23.2 Å². The van der Waals surface area contributed by atoms with Crippen molar-refractivity contribution in [1.82, 2.24) is 15.2 Å². The van der Waals surface area contributed by atoms with Gasteiger partial charge in [0.05, 0.1) is 17.1 Å². The Bertz CT molecular complexity index is 933. The number of hydrogen-bond acceptors (Lipinski definition) is 5. The second-order valence-corrected chi connectivity index (χ2v) is 6.75. The molecule has 2 aromatic rings. The third-order valence-electron chi connectivity index (χ3n) is 4.14. The lowest BCUT2D eigenvalue weighted by Gasteiger charge is -2.36. The molecule has 3 N–H and O–H groups in total. The topological polar surface area (TPSA) is 97.6 Å². The summed E-state index contributed by atoms with van der Waals surface area (Å²) in [6.45, 7) is 0.631. The lowest BCUT2D eigenvalue weighted by molar-refractivity contribution is -0.137. The van der Waals surface area contributed by atoms with Crippen molar-refractivity contribution in [3.8, 4) is 11.6 Å². The molecule has 1 saturated heterocycles. The first kappa shape index (κ1) is 20.9. The molecular formula is C18H16ClF3N4O3. The summed E-state index contributed by atoms with van der Waals surface area (Å²) in [6, 6.07) is 5.39. The fraction of sp³-hybridized carbons (Fsp3) is 0.278. The fourth-order valence-corrected chi connectivity index (χ4v) is 2.81. The van der Waals surface area contributed by atoms with E-state index in [9.17, 15) is 22.8 Å². The minimum Gasteiger partial charge on any atom is -0.437 e. The van der Waals surface area contributed by atoms with E-state index in [-0.39, 0.29) is 40.7 Å². The molecule has 7 nitrogen and oxygen atoms in total. The Balaban J connectivity index is 1.70. The van der Waals surface area contributed by atoms with Crippen LogP contribution < -0.4 is 15.8 Å². The van der Waals surface area contributed by atoms with Crippen molar-refractivity contribution in [3.05, 3.63) is 52.7 Å². The van der Waals surface area contributed by atoms with Crippen molar-refractivity contribution in [3.63, 3.8) is 0 Å². The summed E-state index contributed by atoms with van der Waals surface area (Å²) in [4.78, 5) is 29.8. The maximum Gasteiger partial charge on any atom is 0.416 e. The van der Waals surface area contributed by atoms with Gasteiger partial charge in [0, 0.05) is 25.3 Å². The van der Waals surface area contributed by atoms with Gasteiger partial charge >= 0.3 is 6.18 Å². The monoisotopic (exact) mass is 428 g/mol. The number of rotatable bonds is 5. The quantitative estimate of drug-likeness (QED) is 0.762. The van der Waals surface area contributed by atoms with E-state index < -0.39 is 17.6 Å². The van der Waals surface area contributed by atoms with Gasteiger partial charge in [0.15, 0.2) is 0 Å². The molecular weight excluding hydrogens is 413 g/mol. The zero-order chi connectivity index (χ0) is 21.2. The largest absolute Gasteiger partial charge is 0.437 e. The maximum absolute atomic E-state index is 12.8. The van der Waals surface area contributed by atoms with Crippen molar-refractivity contribution in [2.24, 2.45) is 5.73 Å². The zero-order valence-electron chi connectivity index (χ0n) is 14.9. The first-order valence-electron chi connectivity index (χ1n) is 8.46. The summed E-state index contributed by atoms with van der Waals surface area (Å²) in [6.07, 6.45) is -3.21. The van der Waals surface area contributed by atoms with E-state index in [1.54, 1.807) is 0 Å². The minimum absolute atomic E-state index is 0.00317. The molecule has 0 unspecified atom stereocenters. The van der Waals surface area contributed by atoms with Crippen LogP contribution in [0.15, 0.2) is 36.5 Å². The molecule has 0 aliphatic carbocycles. The van der Waals surface area contributed by atoms with Crippen LogP contribution in [0.5, 0.6) is 11.6 Å². The number of nitrogens with two attached hydrogens (primary N) is 1. The number of nitrogens with one attached hydrogen (secondary N) is 1. The number of nitrogens with zero attached hydrogens (tertiary/aromatic N) is 2. The average Bonchev–Trinajstić information content (AvgIpc) is 2.64. The van der Waals surface area contributed by atoms with Crippen molar-refractivity contribution in [1.29, 1.82) is 0 Å². The van der Waals surface area contributed by atoms with Crippen LogP contribution in [0.1, 0.15) is 15.9 Å². The molecule has 0 atom stereocenters. The van der Waals surface area contributed by atoms with Crippen LogP contribution in [0.25, 0.3) is 0 Å². The summed E-state index contributed by atoms with van der Waals surface area (Å²) in [5, 5.41) is 2.17. The number of carbonyl (C=O) groups is 2. The molecule has 29 heavy (non-hydrogen) atoms. The fourth-order valence-electron chi connectivity index (χ4n) is 2.59. The van der Waals surface area contributed by atoms with Gasteiger partial charge in [-0.25, -0.2) is 4.98 Å². The molecule has 0 bridgehead atoms. The molecule has 11 heteroatoms. The lowest BCUT2D eigenvalue weighted by atomic mass is 10.1. The molecule has 2 amide bonds. The first-order valence-corrected chi connectivity index (χ1v) is 8.84. The van der Waals surface area contributed by atoms with Crippen molar-refractivity contribution in [2.45, 2.75) is 12.2 Å². The van der Waals surface area contributed by atoms with Crippen LogP contribution in [0.4, 0.5) is 13.2 Å². The average molecular weight is 429 g/mol. The van der Waals surface area contributed by atoms with Gasteiger partial charge in [-0.15, -0.1) is 0 Å². The number of ether oxygens (including phenoxy) is 1. The van der Waals surface area contributed by atoms with E-state index in [0.29, 0.717) is 13.1 Å². The second kappa shape index (κ2) is 8.26. The van der Waals surface area contributed by atoms with E-state index in [4.69, 9.17) is 22.1 Å².